The number of carbonyl (C=O) groups excluding carboxylic acids is 4. The summed E-state index contributed by atoms with van der Waals surface area (Å²) in [6.45, 7) is 1.02. The van der Waals surface area contributed by atoms with Crippen molar-refractivity contribution in [3.05, 3.63) is 0 Å². The Morgan fingerprint density at radius 2 is 1.63 bits per heavy atom. The molecule has 4 unspecified atom stereocenters. The molecule has 0 heterocycles. The van der Waals surface area contributed by atoms with Crippen molar-refractivity contribution in [1.29, 1.82) is 0 Å². The number of aliphatic hydroxyl groups excluding tert-OH is 1. The first-order chi connectivity index (χ1) is 14.0. The van der Waals surface area contributed by atoms with Gasteiger partial charge in [0, 0.05) is 6.42 Å². The summed E-state index contributed by atoms with van der Waals surface area (Å²) in [6.07, 6.45) is -0.0795. The number of nitrogens with one attached hydrogen (secondary N) is 3. The number of primary amides is 1. The van der Waals surface area contributed by atoms with Gasteiger partial charge in [-0.05, 0) is 39.2 Å². The van der Waals surface area contributed by atoms with Gasteiger partial charge < -0.3 is 43.4 Å². The predicted molar refractivity (Wildman–Crippen MR) is 105 cm³/mol. The molecule has 30 heavy (non-hydrogen) atoms. The van der Waals surface area contributed by atoms with Crippen LogP contribution < -0.4 is 33.2 Å². The maximum atomic E-state index is 12.4. The molecule has 0 spiro atoms. The Bertz CT molecular complexity index is 613. The van der Waals surface area contributed by atoms with Gasteiger partial charge in [0.15, 0.2) is 6.04 Å². The number of hydrogen-bond donors (Lipinski definition) is 8. The molecular formula is C17H32N6O7. The fraction of sp³-hybridized carbons (Fsp3) is 0.706. The van der Waals surface area contributed by atoms with E-state index in [0.29, 0.717) is 19.4 Å². The molecule has 0 saturated carbocycles. The number of unbranched alkanes of at least 4 members (excludes halogenated alkanes) is 1. The van der Waals surface area contributed by atoms with Crippen molar-refractivity contribution in [2.75, 3.05) is 13.1 Å². The van der Waals surface area contributed by atoms with Gasteiger partial charge in [0.1, 0.15) is 6.04 Å². The van der Waals surface area contributed by atoms with Crippen LogP contribution in [0.3, 0.4) is 0 Å². The molecule has 172 valence electrons. The van der Waals surface area contributed by atoms with Gasteiger partial charge in [-0.2, -0.15) is 0 Å². The Kier molecular flexibility index (Phi) is 12.9. The zero-order valence-electron chi connectivity index (χ0n) is 16.9. The molecule has 0 fully saturated rings. The monoisotopic (exact) mass is 432 g/mol. The molecule has 0 aliphatic heterocycles. The lowest BCUT2D eigenvalue weighted by molar-refractivity contribution is -0.144. The Hall–Kier alpha value is -2.77. The molecule has 13 nitrogen and oxygen atoms in total. The summed E-state index contributed by atoms with van der Waals surface area (Å²) in [5.41, 5.74) is 16.1. The zero-order valence-corrected chi connectivity index (χ0v) is 16.9. The summed E-state index contributed by atoms with van der Waals surface area (Å²) in [5, 5.41) is 25.2. The van der Waals surface area contributed by atoms with Gasteiger partial charge in [-0.3, -0.25) is 19.2 Å². The lowest BCUT2D eigenvalue weighted by atomic mass is 10.1. The third-order valence-corrected chi connectivity index (χ3v) is 4.11. The molecule has 0 radical (unpaired) electrons. The minimum atomic E-state index is -1.53. The molecule has 11 N–H and O–H groups in total. The second-order valence-corrected chi connectivity index (χ2v) is 6.80. The van der Waals surface area contributed by atoms with E-state index in [1.165, 1.54) is 6.92 Å². The number of aliphatic hydroxyl groups is 1. The second kappa shape index (κ2) is 14.3. The van der Waals surface area contributed by atoms with Crippen molar-refractivity contribution in [3.63, 3.8) is 0 Å². The minimum Gasteiger partial charge on any atom is -0.480 e. The predicted octanol–water partition coefficient (Wildman–Crippen LogP) is -3.74. The SMILES string of the molecule is CC(O)C(NC(=O)CNC(=O)C(CCCCN)NC(=O)C(N)CCC(N)=O)C(=O)O. The van der Waals surface area contributed by atoms with E-state index in [-0.39, 0.29) is 19.3 Å². The molecule has 4 amide bonds. The van der Waals surface area contributed by atoms with Gasteiger partial charge in [0.05, 0.1) is 18.7 Å². The van der Waals surface area contributed by atoms with Crippen LogP contribution in [0.5, 0.6) is 0 Å². The molecule has 0 rings (SSSR count). The summed E-state index contributed by atoms with van der Waals surface area (Å²) in [6, 6.07) is -3.59. The highest BCUT2D eigenvalue weighted by Crippen LogP contribution is 2.03. The van der Waals surface area contributed by atoms with Crippen molar-refractivity contribution in [3.8, 4) is 0 Å². The van der Waals surface area contributed by atoms with Crippen LogP contribution in [0.25, 0.3) is 0 Å². The number of carboxylic acid groups (broad SMARTS) is 1. The smallest absolute Gasteiger partial charge is 0.328 e. The number of carbonyl (C=O) groups is 5. The van der Waals surface area contributed by atoms with Gasteiger partial charge in [-0.25, -0.2) is 4.79 Å². The van der Waals surface area contributed by atoms with E-state index in [9.17, 15) is 29.1 Å². The lowest BCUT2D eigenvalue weighted by Crippen LogP contribution is -2.54. The number of carboxylic acids is 1. The molecule has 0 saturated heterocycles. The fourth-order valence-electron chi connectivity index (χ4n) is 2.37. The summed E-state index contributed by atoms with van der Waals surface area (Å²) in [7, 11) is 0. The highest BCUT2D eigenvalue weighted by Gasteiger charge is 2.27. The van der Waals surface area contributed by atoms with Gasteiger partial charge in [-0.1, -0.05) is 0 Å². The number of hydrogen-bond acceptors (Lipinski definition) is 8. The first-order valence-corrected chi connectivity index (χ1v) is 9.51. The number of nitrogens with two attached hydrogens (primary N) is 3. The molecule has 0 aliphatic rings. The summed E-state index contributed by atoms with van der Waals surface area (Å²) in [5.74, 6) is -4.21. The topological polar surface area (TPSA) is 240 Å². The standard InChI is InChI=1S/C17H32N6O7/c1-9(24)14(17(29)30)23-13(26)8-21-16(28)11(4-2-3-7-18)22-15(27)10(19)5-6-12(20)25/h9-11,14,24H,2-8,18-19H2,1H3,(H2,20,25)(H,21,28)(H,22,27)(H,23,26)(H,29,30). The van der Waals surface area contributed by atoms with E-state index in [4.69, 9.17) is 22.3 Å². The number of aliphatic carboxylic acids is 1. The maximum absolute atomic E-state index is 12.4. The van der Waals surface area contributed by atoms with E-state index >= 15 is 0 Å². The van der Waals surface area contributed by atoms with Crippen LogP contribution in [0.1, 0.15) is 39.0 Å². The van der Waals surface area contributed by atoms with Crippen molar-refractivity contribution < 1.29 is 34.2 Å². The van der Waals surface area contributed by atoms with E-state index in [1.54, 1.807) is 0 Å². The van der Waals surface area contributed by atoms with Crippen LogP contribution in [0.4, 0.5) is 0 Å². The largest absolute Gasteiger partial charge is 0.480 e. The summed E-state index contributed by atoms with van der Waals surface area (Å²) < 4.78 is 0. The van der Waals surface area contributed by atoms with Gasteiger partial charge in [0.25, 0.3) is 0 Å². The quantitative estimate of drug-likeness (QED) is 0.118. The third kappa shape index (κ3) is 11.3. The van der Waals surface area contributed by atoms with Crippen LogP contribution in [0.15, 0.2) is 0 Å². The van der Waals surface area contributed by atoms with E-state index in [2.05, 4.69) is 16.0 Å². The maximum Gasteiger partial charge on any atom is 0.328 e. The molecule has 0 aromatic heterocycles. The van der Waals surface area contributed by atoms with E-state index in [1.807, 2.05) is 0 Å². The Balaban J connectivity index is 4.84. The van der Waals surface area contributed by atoms with Crippen molar-refractivity contribution in [1.82, 2.24) is 16.0 Å². The highest BCUT2D eigenvalue weighted by molar-refractivity contribution is 5.92. The molecule has 0 aliphatic carbocycles. The first kappa shape index (κ1) is 27.2. The normalized spacial score (nSPS) is 14.7. The van der Waals surface area contributed by atoms with E-state index in [0.717, 1.165) is 0 Å². The first-order valence-electron chi connectivity index (χ1n) is 9.51. The third-order valence-electron chi connectivity index (χ3n) is 4.11. The van der Waals surface area contributed by atoms with Crippen LogP contribution in [0, 0.1) is 0 Å². The Labute approximate surface area is 174 Å². The van der Waals surface area contributed by atoms with Gasteiger partial charge >= 0.3 is 5.97 Å². The zero-order chi connectivity index (χ0) is 23.3. The van der Waals surface area contributed by atoms with Gasteiger partial charge in [-0.15, -0.1) is 0 Å². The molecule has 4 atom stereocenters. The second-order valence-electron chi connectivity index (χ2n) is 6.80. The molecular weight excluding hydrogens is 400 g/mol. The average Bonchev–Trinajstić information content (AvgIpc) is 2.66. The van der Waals surface area contributed by atoms with Crippen molar-refractivity contribution in [2.45, 2.75) is 63.3 Å². The van der Waals surface area contributed by atoms with Crippen molar-refractivity contribution in [2.24, 2.45) is 17.2 Å². The van der Waals surface area contributed by atoms with E-state index < -0.39 is 60.4 Å². The minimum absolute atomic E-state index is 0.0105. The van der Waals surface area contributed by atoms with Gasteiger partial charge in [0.2, 0.25) is 23.6 Å². The molecule has 13 heteroatoms. The van der Waals surface area contributed by atoms with Crippen LogP contribution >= 0.6 is 0 Å². The Morgan fingerprint density at radius 1 is 1.00 bits per heavy atom. The highest BCUT2D eigenvalue weighted by atomic mass is 16.4. The molecule has 0 aromatic rings. The van der Waals surface area contributed by atoms with Crippen molar-refractivity contribution >= 4 is 29.6 Å². The molecule has 0 aromatic carbocycles. The number of rotatable bonds is 15. The van der Waals surface area contributed by atoms with Crippen LogP contribution in [-0.4, -0.2) is 77.1 Å². The fourth-order valence-corrected chi connectivity index (χ4v) is 2.37. The lowest BCUT2D eigenvalue weighted by Gasteiger charge is -2.21. The van der Waals surface area contributed by atoms with Crippen LogP contribution in [-0.2, 0) is 24.0 Å². The number of amides is 4. The summed E-state index contributed by atoms with van der Waals surface area (Å²) >= 11 is 0. The Morgan fingerprint density at radius 3 is 2.13 bits per heavy atom. The van der Waals surface area contributed by atoms with Crippen LogP contribution in [0.2, 0.25) is 0 Å². The average molecular weight is 432 g/mol. The molecule has 0 bridgehead atoms. The summed E-state index contributed by atoms with van der Waals surface area (Å²) in [4.78, 5) is 58.2.